The molecule has 178 valence electrons. The Hall–Kier alpha value is -3.02. The van der Waals surface area contributed by atoms with Crippen molar-refractivity contribution in [3.8, 4) is 11.5 Å². The summed E-state index contributed by atoms with van der Waals surface area (Å²) in [6.07, 6.45) is 6.48. The molecule has 0 saturated heterocycles. The summed E-state index contributed by atoms with van der Waals surface area (Å²) >= 11 is 0. The Morgan fingerprint density at radius 2 is 1.67 bits per heavy atom. The second-order valence-electron chi connectivity index (χ2n) is 8.65. The van der Waals surface area contributed by atoms with Crippen molar-refractivity contribution in [1.82, 2.24) is 10.2 Å². The van der Waals surface area contributed by atoms with E-state index in [4.69, 9.17) is 9.47 Å². The molecule has 1 saturated carbocycles. The number of benzene rings is 2. The Morgan fingerprint density at radius 3 is 2.33 bits per heavy atom. The molecule has 0 heterocycles. The Labute approximate surface area is 197 Å². The van der Waals surface area contributed by atoms with Crippen molar-refractivity contribution < 1.29 is 19.1 Å². The molecule has 0 aromatic heterocycles. The van der Waals surface area contributed by atoms with Gasteiger partial charge in [0.15, 0.2) is 0 Å². The summed E-state index contributed by atoms with van der Waals surface area (Å²) in [4.78, 5) is 27.8. The topological polar surface area (TPSA) is 67.9 Å². The minimum absolute atomic E-state index is 0.0384. The van der Waals surface area contributed by atoms with Crippen LogP contribution in [0.5, 0.6) is 11.5 Å². The van der Waals surface area contributed by atoms with Gasteiger partial charge in [-0.2, -0.15) is 0 Å². The minimum Gasteiger partial charge on any atom is -0.497 e. The average Bonchev–Trinajstić information content (AvgIpc) is 2.86. The Bertz CT molecular complexity index is 863. The lowest BCUT2D eigenvalue weighted by Gasteiger charge is -2.31. The third-order valence-corrected chi connectivity index (χ3v) is 6.18. The lowest BCUT2D eigenvalue weighted by Crippen LogP contribution is -2.50. The fraction of sp³-hybridized carbons (Fsp3) is 0.481. The molecule has 0 unspecified atom stereocenters. The molecule has 0 aliphatic heterocycles. The van der Waals surface area contributed by atoms with E-state index in [9.17, 15) is 9.59 Å². The van der Waals surface area contributed by atoms with Crippen LogP contribution in [0, 0.1) is 0 Å². The van der Waals surface area contributed by atoms with Crippen LogP contribution in [0.25, 0.3) is 0 Å². The van der Waals surface area contributed by atoms with Crippen molar-refractivity contribution in [2.75, 3.05) is 13.7 Å². The van der Waals surface area contributed by atoms with E-state index in [1.54, 1.807) is 12.0 Å². The van der Waals surface area contributed by atoms with Crippen LogP contribution in [-0.4, -0.2) is 42.5 Å². The number of nitrogens with one attached hydrogen (secondary N) is 1. The normalized spacial score (nSPS) is 14.8. The van der Waals surface area contributed by atoms with Crippen LogP contribution < -0.4 is 14.8 Å². The molecule has 2 amide bonds. The maximum Gasteiger partial charge on any atom is 0.242 e. The van der Waals surface area contributed by atoms with Crippen molar-refractivity contribution in [2.24, 2.45) is 0 Å². The van der Waals surface area contributed by atoms with Crippen LogP contribution in [-0.2, 0) is 16.1 Å². The smallest absolute Gasteiger partial charge is 0.242 e. The SMILES string of the molecule is COc1ccc(OCCCC(=O)N(Cc2ccccc2)[C@@H](C)C(=O)NC2CCCCC2)cc1. The molecule has 1 aliphatic rings. The van der Waals surface area contributed by atoms with Gasteiger partial charge in [0.2, 0.25) is 11.8 Å². The maximum atomic E-state index is 13.2. The molecule has 6 nitrogen and oxygen atoms in total. The molecular weight excluding hydrogens is 416 g/mol. The standard InChI is InChI=1S/C27H36N2O4/c1-21(27(31)28-23-12-7-4-8-13-23)29(20-22-10-5-3-6-11-22)26(30)14-9-19-33-25-17-15-24(32-2)16-18-25/h3,5-6,10-11,15-18,21,23H,4,7-9,12-14,19-20H2,1-2H3,(H,28,31)/t21-/m0/s1. The first-order valence-corrected chi connectivity index (χ1v) is 12.0. The van der Waals surface area contributed by atoms with Gasteiger partial charge in [0, 0.05) is 19.0 Å². The van der Waals surface area contributed by atoms with Gasteiger partial charge >= 0.3 is 0 Å². The number of carbonyl (C=O) groups is 2. The molecule has 0 radical (unpaired) electrons. The quantitative estimate of drug-likeness (QED) is 0.501. The summed E-state index contributed by atoms with van der Waals surface area (Å²) in [5.41, 5.74) is 1.01. The van der Waals surface area contributed by atoms with E-state index in [1.165, 1.54) is 6.42 Å². The number of amides is 2. The van der Waals surface area contributed by atoms with Gasteiger partial charge in [0.25, 0.3) is 0 Å². The van der Waals surface area contributed by atoms with E-state index >= 15 is 0 Å². The van der Waals surface area contributed by atoms with Crippen molar-refractivity contribution >= 4 is 11.8 Å². The zero-order valence-corrected chi connectivity index (χ0v) is 19.8. The highest BCUT2D eigenvalue weighted by Crippen LogP contribution is 2.19. The van der Waals surface area contributed by atoms with Gasteiger partial charge in [0.1, 0.15) is 17.5 Å². The van der Waals surface area contributed by atoms with E-state index in [0.29, 0.717) is 26.0 Å². The van der Waals surface area contributed by atoms with Crippen LogP contribution >= 0.6 is 0 Å². The molecule has 1 atom stereocenters. The van der Waals surface area contributed by atoms with Crippen molar-refractivity contribution in [1.29, 1.82) is 0 Å². The number of rotatable bonds is 11. The number of carbonyl (C=O) groups excluding carboxylic acids is 2. The first kappa shape index (κ1) is 24.6. The van der Waals surface area contributed by atoms with Gasteiger partial charge in [-0.15, -0.1) is 0 Å². The summed E-state index contributed by atoms with van der Waals surface area (Å²) in [6, 6.07) is 16.9. The van der Waals surface area contributed by atoms with E-state index in [1.807, 2.05) is 61.5 Å². The monoisotopic (exact) mass is 452 g/mol. The number of hydrogen-bond acceptors (Lipinski definition) is 4. The third kappa shape index (κ3) is 7.81. The van der Waals surface area contributed by atoms with E-state index < -0.39 is 6.04 Å². The Kier molecular flexibility index (Phi) is 9.60. The maximum absolute atomic E-state index is 13.2. The van der Waals surface area contributed by atoms with Crippen LogP contribution in [0.1, 0.15) is 57.4 Å². The molecule has 2 aromatic rings. The molecule has 33 heavy (non-hydrogen) atoms. The molecule has 1 N–H and O–H groups in total. The zero-order chi connectivity index (χ0) is 23.5. The minimum atomic E-state index is -0.526. The molecule has 2 aromatic carbocycles. The molecular formula is C27H36N2O4. The van der Waals surface area contributed by atoms with Gasteiger partial charge in [0.05, 0.1) is 13.7 Å². The van der Waals surface area contributed by atoms with Gasteiger partial charge in [-0.25, -0.2) is 0 Å². The zero-order valence-electron chi connectivity index (χ0n) is 19.8. The fourth-order valence-corrected chi connectivity index (χ4v) is 4.16. The number of hydrogen-bond donors (Lipinski definition) is 1. The molecule has 3 rings (SSSR count). The highest BCUT2D eigenvalue weighted by molar-refractivity contribution is 5.87. The predicted octanol–water partition coefficient (Wildman–Crippen LogP) is 4.72. The van der Waals surface area contributed by atoms with Crippen molar-refractivity contribution in [2.45, 2.75) is 70.5 Å². The molecule has 0 spiro atoms. The fourth-order valence-electron chi connectivity index (χ4n) is 4.16. The average molecular weight is 453 g/mol. The molecule has 6 heteroatoms. The van der Waals surface area contributed by atoms with Crippen LogP contribution in [0.4, 0.5) is 0 Å². The summed E-state index contributed by atoms with van der Waals surface area (Å²) in [5, 5.41) is 3.17. The summed E-state index contributed by atoms with van der Waals surface area (Å²) in [5.74, 6) is 1.41. The summed E-state index contributed by atoms with van der Waals surface area (Å²) in [6.45, 7) is 2.67. The number of ether oxygens (including phenoxy) is 2. The largest absolute Gasteiger partial charge is 0.497 e. The van der Waals surface area contributed by atoms with E-state index in [2.05, 4.69) is 5.32 Å². The first-order valence-electron chi connectivity index (χ1n) is 12.0. The lowest BCUT2D eigenvalue weighted by molar-refractivity contribution is -0.141. The van der Waals surface area contributed by atoms with Crippen LogP contribution in [0.2, 0.25) is 0 Å². The predicted molar refractivity (Wildman–Crippen MR) is 129 cm³/mol. The number of methoxy groups -OCH3 is 1. The van der Waals surface area contributed by atoms with E-state index in [0.717, 1.165) is 42.7 Å². The first-order chi connectivity index (χ1) is 16.1. The van der Waals surface area contributed by atoms with Gasteiger partial charge < -0.3 is 19.7 Å². The van der Waals surface area contributed by atoms with Gasteiger partial charge in [-0.3, -0.25) is 9.59 Å². The Balaban J connectivity index is 1.56. The van der Waals surface area contributed by atoms with Gasteiger partial charge in [-0.05, 0) is 56.0 Å². The molecule has 1 fully saturated rings. The van der Waals surface area contributed by atoms with Crippen molar-refractivity contribution in [3.63, 3.8) is 0 Å². The van der Waals surface area contributed by atoms with Crippen molar-refractivity contribution in [3.05, 3.63) is 60.2 Å². The Morgan fingerprint density at radius 1 is 1.00 bits per heavy atom. The lowest BCUT2D eigenvalue weighted by atomic mass is 9.95. The van der Waals surface area contributed by atoms with E-state index in [-0.39, 0.29) is 17.9 Å². The van der Waals surface area contributed by atoms with Crippen LogP contribution in [0.15, 0.2) is 54.6 Å². The summed E-state index contributed by atoms with van der Waals surface area (Å²) < 4.78 is 10.9. The highest BCUT2D eigenvalue weighted by Gasteiger charge is 2.27. The number of nitrogens with zero attached hydrogens (tertiary/aromatic N) is 1. The van der Waals surface area contributed by atoms with Crippen LogP contribution in [0.3, 0.4) is 0 Å². The second kappa shape index (κ2) is 12.9. The van der Waals surface area contributed by atoms with Gasteiger partial charge in [-0.1, -0.05) is 49.6 Å². The summed E-state index contributed by atoms with van der Waals surface area (Å²) in [7, 11) is 1.62. The highest BCUT2D eigenvalue weighted by atomic mass is 16.5. The molecule has 0 bridgehead atoms. The third-order valence-electron chi connectivity index (χ3n) is 6.18. The molecule has 1 aliphatic carbocycles. The second-order valence-corrected chi connectivity index (χ2v) is 8.65.